The fourth-order valence-corrected chi connectivity index (χ4v) is 1.89. The third kappa shape index (κ3) is 4.70. The Labute approximate surface area is 105 Å². The van der Waals surface area contributed by atoms with E-state index in [0.717, 1.165) is 34.6 Å². The Morgan fingerprint density at radius 3 is 2.73 bits per heavy atom. The van der Waals surface area contributed by atoms with Gasteiger partial charge >= 0.3 is 0 Å². The van der Waals surface area contributed by atoms with E-state index in [1.807, 2.05) is 18.2 Å². The van der Waals surface area contributed by atoms with Crippen LogP contribution in [0.3, 0.4) is 0 Å². The van der Waals surface area contributed by atoms with Crippen LogP contribution in [-0.2, 0) is 0 Å². The van der Waals surface area contributed by atoms with E-state index in [1.54, 1.807) is 0 Å². The second-order valence-corrected chi connectivity index (χ2v) is 4.86. The number of anilines is 1. The fourth-order valence-electron chi connectivity index (χ4n) is 1.20. The van der Waals surface area contributed by atoms with E-state index in [0.29, 0.717) is 0 Å². The minimum Gasteiger partial charge on any atom is -0.492 e. The van der Waals surface area contributed by atoms with Gasteiger partial charge in [-0.05, 0) is 61.3 Å². The van der Waals surface area contributed by atoms with E-state index >= 15 is 0 Å². The number of rotatable bonds is 5. The molecule has 0 aliphatic rings. The van der Waals surface area contributed by atoms with Crippen molar-refractivity contribution in [2.45, 2.75) is 6.42 Å². The molecule has 1 aromatic rings. The predicted molar refractivity (Wildman–Crippen MR) is 72.2 cm³/mol. The molecule has 0 radical (unpaired) electrons. The van der Waals surface area contributed by atoms with Crippen LogP contribution >= 0.6 is 22.6 Å². The summed E-state index contributed by atoms with van der Waals surface area (Å²) in [6, 6.07) is 5.71. The summed E-state index contributed by atoms with van der Waals surface area (Å²) < 4.78 is 6.72. The summed E-state index contributed by atoms with van der Waals surface area (Å²) in [5.74, 6) is 0.920. The molecule has 0 heterocycles. The summed E-state index contributed by atoms with van der Waals surface area (Å²) >= 11 is 2.24. The van der Waals surface area contributed by atoms with E-state index in [4.69, 9.17) is 10.5 Å². The lowest BCUT2D eigenvalue weighted by atomic mass is 10.3. The van der Waals surface area contributed by atoms with Crippen molar-refractivity contribution in [3.05, 3.63) is 21.8 Å². The van der Waals surface area contributed by atoms with Gasteiger partial charge in [0.15, 0.2) is 0 Å². The van der Waals surface area contributed by atoms with Gasteiger partial charge in [0.1, 0.15) is 5.75 Å². The lowest BCUT2D eigenvalue weighted by Gasteiger charge is -2.11. The van der Waals surface area contributed by atoms with Gasteiger partial charge in [0, 0.05) is 12.2 Å². The molecule has 0 spiro atoms. The minimum absolute atomic E-state index is 0.748. The average molecular weight is 320 g/mol. The summed E-state index contributed by atoms with van der Waals surface area (Å²) in [5.41, 5.74) is 6.43. The number of halogens is 1. The molecule has 0 fully saturated rings. The smallest absolute Gasteiger partial charge is 0.132 e. The van der Waals surface area contributed by atoms with E-state index in [2.05, 4.69) is 41.6 Å². The topological polar surface area (TPSA) is 38.5 Å². The molecule has 0 unspecified atom stereocenters. The molecule has 3 nitrogen and oxygen atoms in total. The Kier molecular flexibility index (Phi) is 5.17. The highest BCUT2D eigenvalue weighted by Gasteiger charge is 2.00. The Bertz CT molecular complexity index is 315. The standard InChI is InChI=1S/C11H17IN2O/c1-14(2)6-3-7-15-11-5-4-9(13)8-10(11)12/h4-5,8H,3,6-7,13H2,1-2H3. The number of hydrogen-bond acceptors (Lipinski definition) is 3. The SMILES string of the molecule is CN(C)CCCOc1ccc(N)cc1I. The van der Waals surface area contributed by atoms with Crippen LogP contribution in [0.25, 0.3) is 0 Å². The molecule has 0 bridgehead atoms. The van der Waals surface area contributed by atoms with Gasteiger partial charge in [-0.15, -0.1) is 0 Å². The van der Waals surface area contributed by atoms with Gasteiger partial charge in [0.05, 0.1) is 10.2 Å². The van der Waals surface area contributed by atoms with Crippen molar-refractivity contribution < 1.29 is 4.74 Å². The molecule has 84 valence electrons. The van der Waals surface area contributed by atoms with Crippen LogP contribution < -0.4 is 10.5 Å². The predicted octanol–water partition coefficient (Wildman–Crippen LogP) is 2.20. The number of ether oxygens (including phenoxy) is 1. The molecule has 2 N–H and O–H groups in total. The highest BCUT2D eigenvalue weighted by Crippen LogP contribution is 2.22. The summed E-state index contributed by atoms with van der Waals surface area (Å²) in [6.45, 7) is 1.80. The molecular formula is C11H17IN2O. The van der Waals surface area contributed by atoms with Crippen LogP contribution in [0.4, 0.5) is 5.69 Å². The third-order valence-corrected chi connectivity index (χ3v) is 2.81. The van der Waals surface area contributed by atoms with Crippen molar-refractivity contribution in [1.29, 1.82) is 0 Å². The second kappa shape index (κ2) is 6.17. The van der Waals surface area contributed by atoms with Crippen LogP contribution in [0.1, 0.15) is 6.42 Å². The van der Waals surface area contributed by atoms with Crippen LogP contribution in [0.2, 0.25) is 0 Å². The zero-order valence-electron chi connectivity index (χ0n) is 9.16. The maximum Gasteiger partial charge on any atom is 0.132 e. The zero-order valence-corrected chi connectivity index (χ0v) is 11.3. The molecule has 1 rings (SSSR count). The molecule has 0 saturated carbocycles. The van der Waals surface area contributed by atoms with Crippen molar-refractivity contribution in [2.24, 2.45) is 0 Å². The van der Waals surface area contributed by atoms with Crippen molar-refractivity contribution in [3.63, 3.8) is 0 Å². The van der Waals surface area contributed by atoms with Gasteiger partial charge in [-0.2, -0.15) is 0 Å². The van der Waals surface area contributed by atoms with Gasteiger partial charge in [-0.25, -0.2) is 0 Å². The van der Waals surface area contributed by atoms with Crippen LogP contribution in [-0.4, -0.2) is 32.1 Å². The summed E-state index contributed by atoms with van der Waals surface area (Å²) in [5, 5.41) is 0. The monoisotopic (exact) mass is 320 g/mol. The molecule has 4 heteroatoms. The van der Waals surface area contributed by atoms with Gasteiger partial charge in [-0.1, -0.05) is 0 Å². The molecule has 0 aliphatic heterocycles. The summed E-state index contributed by atoms with van der Waals surface area (Å²) in [4.78, 5) is 2.15. The van der Waals surface area contributed by atoms with Crippen molar-refractivity contribution >= 4 is 28.3 Å². The molecule has 15 heavy (non-hydrogen) atoms. The van der Waals surface area contributed by atoms with Crippen molar-refractivity contribution in [3.8, 4) is 5.75 Å². The average Bonchev–Trinajstić information content (AvgIpc) is 2.14. The fraction of sp³-hybridized carbons (Fsp3) is 0.455. The third-order valence-electron chi connectivity index (χ3n) is 1.96. The highest BCUT2D eigenvalue weighted by atomic mass is 127. The van der Waals surface area contributed by atoms with Crippen LogP contribution in [0.5, 0.6) is 5.75 Å². The first-order chi connectivity index (χ1) is 7.09. The molecule has 1 aromatic carbocycles. The largest absolute Gasteiger partial charge is 0.492 e. The molecule has 0 saturated heterocycles. The van der Waals surface area contributed by atoms with Crippen molar-refractivity contribution in [2.75, 3.05) is 33.0 Å². The summed E-state index contributed by atoms with van der Waals surface area (Å²) in [6.07, 6.45) is 1.04. The maximum absolute atomic E-state index is 5.66. The number of nitrogens with zero attached hydrogens (tertiary/aromatic N) is 1. The highest BCUT2D eigenvalue weighted by molar-refractivity contribution is 14.1. The first kappa shape index (κ1) is 12.6. The van der Waals surface area contributed by atoms with Gasteiger partial charge in [0.2, 0.25) is 0 Å². The van der Waals surface area contributed by atoms with E-state index in [-0.39, 0.29) is 0 Å². The summed E-state index contributed by atoms with van der Waals surface area (Å²) in [7, 11) is 4.12. The number of benzene rings is 1. The maximum atomic E-state index is 5.66. The zero-order chi connectivity index (χ0) is 11.3. The first-order valence-corrected chi connectivity index (χ1v) is 6.00. The lowest BCUT2D eigenvalue weighted by Crippen LogP contribution is -2.15. The normalized spacial score (nSPS) is 10.7. The van der Waals surface area contributed by atoms with Gasteiger partial charge in [-0.3, -0.25) is 0 Å². The molecule has 0 aliphatic carbocycles. The minimum atomic E-state index is 0.748. The lowest BCUT2D eigenvalue weighted by molar-refractivity contribution is 0.280. The van der Waals surface area contributed by atoms with Gasteiger partial charge in [0.25, 0.3) is 0 Å². The Balaban J connectivity index is 2.37. The van der Waals surface area contributed by atoms with Crippen molar-refractivity contribution in [1.82, 2.24) is 4.90 Å². The first-order valence-electron chi connectivity index (χ1n) is 4.92. The second-order valence-electron chi connectivity index (χ2n) is 3.70. The van der Waals surface area contributed by atoms with E-state index in [1.165, 1.54) is 0 Å². The molecule has 0 amide bonds. The number of nitrogens with two attached hydrogens (primary N) is 1. The quantitative estimate of drug-likeness (QED) is 0.514. The van der Waals surface area contributed by atoms with Gasteiger partial charge < -0.3 is 15.4 Å². The molecule has 0 aromatic heterocycles. The Morgan fingerprint density at radius 1 is 1.40 bits per heavy atom. The molecule has 0 atom stereocenters. The van der Waals surface area contributed by atoms with Crippen LogP contribution in [0, 0.1) is 3.57 Å². The van der Waals surface area contributed by atoms with E-state index < -0.39 is 0 Å². The Morgan fingerprint density at radius 2 is 2.13 bits per heavy atom. The number of hydrogen-bond donors (Lipinski definition) is 1. The van der Waals surface area contributed by atoms with E-state index in [9.17, 15) is 0 Å². The Hall–Kier alpha value is -0.490. The number of nitrogen functional groups attached to an aromatic ring is 1. The van der Waals surface area contributed by atoms with Crippen LogP contribution in [0.15, 0.2) is 18.2 Å². The molecular weight excluding hydrogens is 303 g/mol.